The quantitative estimate of drug-likeness (QED) is 0.787. The molecule has 2 fully saturated rings. The van der Waals surface area contributed by atoms with E-state index < -0.39 is 5.60 Å². The Hall–Kier alpha value is -1.57. The minimum Gasteiger partial charge on any atom is -0.376 e. The molecule has 2 saturated heterocycles. The second-order valence-corrected chi connectivity index (χ2v) is 6.47. The van der Waals surface area contributed by atoms with Crippen molar-refractivity contribution in [1.82, 2.24) is 19.8 Å². The summed E-state index contributed by atoms with van der Waals surface area (Å²) in [5, 5.41) is 0. The molecule has 1 aromatic rings. The molecule has 126 valence electrons. The molecule has 23 heavy (non-hydrogen) atoms. The topological polar surface area (TPSA) is 67.8 Å². The van der Waals surface area contributed by atoms with Crippen molar-refractivity contribution in [3.8, 4) is 0 Å². The van der Waals surface area contributed by atoms with Gasteiger partial charge in [0.1, 0.15) is 11.3 Å². The fourth-order valence-corrected chi connectivity index (χ4v) is 3.15. The van der Waals surface area contributed by atoms with Gasteiger partial charge in [-0.1, -0.05) is 0 Å². The van der Waals surface area contributed by atoms with E-state index in [1.165, 1.54) is 12.4 Å². The van der Waals surface area contributed by atoms with Gasteiger partial charge in [0.2, 0.25) is 0 Å². The first-order chi connectivity index (χ1) is 11.1. The van der Waals surface area contributed by atoms with Gasteiger partial charge in [-0.05, 0) is 13.8 Å². The number of rotatable bonds is 2. The maximum atomic E-state index is 12.7. The zero-order valence-electron chi connectivity index (χ0n) is 13.8. The Labute approximate surface area is 136 Å². The van der Waals surface area contributed by atoms with Gasteiger partial charge in [0.25, 0.3) is 5.91 Å². The third-order valence-corrected chi connectivity index (χ3v) is 4.43. The summed E-state index contributed by atoms with van der Waals surface area (Å²) in [4.78, 5) is 24.9. The molecule has 0 aliphatic carbocycles. The van der Waals surface area contributed by atoms with Crippen LogP contribution in [0.3, 0.4) is 0 Å². The highest BCUT2D eigenvalue weighted by molar-refractivity contribution is 5.92. The largest absolute Gasteiger partial charge is 0.376 e. The molecule has 3 heterocycles. The minimum absolute atomic E-state index is 0.117. The standard InChI is InChI=1S/C16H24N4O3/c1-13(2)19-6-8-23-16(10-19)11-20(5-7-22-12-16)15(21)14-9-17-3-4-18-14/h3-4,9,13H,5-8,10-12H2,1-2H3/t16-/m0/s1. The fourth-order valence-electron chi connectivity index (χ4n) is 3.15. The second-order valence-electron chi connectivity index (χ2n) is 6.47. The maximum Gasteiger partial charge on any atom is 0.274 e. The van der Waals surface area contributed by atoms with Crippen molar-refractivity contribution in [2.45, 2.75) is 25.5 Å². The van der Waals surface area contributed by atoms with Crippen LogP contribution < -0.4 is 0 Å². The third-order valence-electron chi connectivity index (χ3n) is 4.43. The SMILES string of the molecule is CC(C)N1CCO[C@@]2(COCCN(C(=O)c3cnccn3)C2)C1. The number of amides is 1. The Balaban J connectivity index is 1.77. The molecule has 2 aliphatic rings. The molecule has 0 aromatic carbocycles. The lowest BCUT2D eigenvalue weighted by atomic mass is 10.0. The number of hydrogen-bond donors (Lipinski definition) is 0. The van der Waals surface area contributed by atoms with Crippen molar-refractivity contribution in [3.63, 3.8) is 0 Å². The summed E-state index contributed by atoms with van der Waals surface area (Å²) in [6.45, 7) is 8.80. The molecule has 1 aromatic heterocycles. The van der Waals surface area contributed by atoms with Crippen LogP contribution in [0.1, 0.15) is 24.3 Å². The highest BCUT2D eigenvalue weighted by Gasteiger charge is 2.42. The Bertz CT molecular complexity index is 539. The van der Waals surface area contributed by atoms with Gasteiger partial charge in [-0.25, -0.2) is 4.98 Å². The summed E-state index contributed by atoms with van der Waals surface area (Å²) in [6.07, 6.45) is 4.60. The summed E-state index contributed by atoms with van der Waals surface area (Å²) in [7, 11) is 0. The summed E-state index contributed by atoms with van der Waals surface area (Å²) in [5.74, 6) is -0.117. The number of carbonyl (C=O) groups is 1. The van der Waals surface area contributed by atoms with Gasteiger partial charge >= 0.3 is 0 Å². The molecule has 0 bridgehead atoms. The lowest BCUT2D eigenvalue weighted by molar-refractivity contribution is -0.144. The number of nitrogens with zero attached hydrogens (tertiary/aromatic N) is 4. The minimum atomic E-state index is -0.461. The first kappa shape index (κ1) is 16.3. The number of hydrogen-bond acceptors (Lipinski definition) is 6. The molecule has 3 rings (SSSR count). The highest BCUT2D eigenvalue weighted by atomic mass is 16.5. The normalized spacial score (nSPS) is 26.5. The van der Waals surface area contributed by atoms with Crippen LogP contribution in [-0.2, 0) is 9.47 Å². The maximum absolute atomic E-state index is 12.7. The van der Waals surface area contributed by atoms with Crippen molar-refractivity contribution < 1.29 is 14.3 Å². The molecule has 1 amide bonds. The zero-order valence-corrected chi connectivity index (χ0v) is 13.8. The van der Waals surface area contributed by atoms with E-state index >= 15 is 0 Å². The van der Waals surface area contributed by atoms with E-state index in [0.29, 0.717) is 44.6 Å². The molecular formula is C16H24N4O3. The van der Waals surface area contributed by atoms with Crippen molar-refractivity contribution in [2.24, 2.45) is 0 Å². The van der Waals surface area contributed by atoms with Crippen molar-refractivity contribution in [3.05, 3.63) is 24.3 Å². The molecule has 2 aliphatic heterocycles. The summed E-state index contributed by atoms with van der Waals surface area (Å²) in [6, 6.07) is 0.447. The molecule has 1 atom stereocenters. The van der Waals surface area contributed by atoms with E-state index in [2.05, 4.69) is 28.7 Å². The number of morpholine rings is 1. The zero-order chi connectivity index (χ0) is 16.3. The molecule has 0 radical (unpaired) electrons. The first-order valence-electron chi connectivity index (χ1n) is 8.11. The smallest absolute Gasteiger partial charge is 0.274 e. The van der Waals surface area contributed by atoms with Crippen molar-refractivity contribution in [2.75, 3.05) is 46.0 Å². The van der Waals surface area contributed by atoms with Gasteiger partial charge in [0, 0.05) is 38.1 Å². The summed E-state index contributed by atoms with van der Waals surface area (Å²) >= 11 is 0. The highest BCUT2D eigenvalue weighted by Crippen LogP contribution is 2.24. The van der Waals surface area contributed by atoms with Gasteiger partial charge in [-0.2, -0.15) is 0 Å². The van der Waals surface area contributed by atoms with Crippen LogP contribution in [0.2, 0.25) is 0 Å². The van der Waals surface area contributed by atoms with Gasteiger partial charge in [0.05, 0.1) is 32.6 Å². The van der Waals surface area contributed by atoms with E-state index in [1.54, 1.807) is 11.1 Å². The van der Waals surface area contributed by atoms with E-state index in [-0.39, 0.29) is 5.91 Å². The Morgan fingerprint density at radius 3 is 2.87 bits per heavy atom. The number of aromatic nitrogens is 2. The molecule has 1 spiro atoms. The van der Waals surface area contributed by atoms with E-state index in [9.17, 15) is 4.79 Å². The Morgan fingerprint density at radius 2 is 2.13 bits per heavy atom. The molecule has 0 unspecified atom stereocenters. The predicted molar refractivity (Wildman–Crippen MR) is 84.1 cm³/mol. The first-order valence-corrected chi connectivity index (χ1v) is 8.11. The van der Waals surface area contributed by atoms with Crippen molar-refractivity contribution >= 4 is 5.91 Å². The number of ether oxygens (including phenoxy) is 2. The Morgan fingerprint density at radius 1 is 1.26 bits per heavy atom. The van der Waals surface area contributed by atoms with Gasteiger partial charge in [-0.15, -0.1) is 0 Å². The molecular weight excluding hydrogens is 296 g/mol. The van der Waals surface area contributed by atoms with Crippen LogP contribution >= 0.6 is 0 Å². The molecule has 0 N–H and O–H groups in total. The van der Waals surface area contributed by atoms with Crippen LogP contribution in [0.5, 0.6) is 0 Å². The molecule has 7 heteroatoms. The molecule has 0 saturated carbocycles. The van der Waals surface area contributed by atoms with Gasteiger partial charge < -0.3 is 14.4 Å². The fraction of sp³-hybridized carbons (Fsp3) is 0.688. The summed E-state index contributed by atoms with van der Waals surface area (Å²) in [5.41, 5.74) is -0.0993. The second kappa shape index (κ2) is 6.90. The van der Waals surface area contributed by atoms with Gasteiger partial charge in [-0.3, -0.25) is 14.7 Å². The van der Waals surface area contributed by atoms with Crippen molar-refractivity contribution in [1.29, 1.82) is 0 Å². The van der Waals surface area contributed by atoms with Crippen LogP contribution in [0.15, 0.2) is 18.6 Å². The summed E-state index contributed by atoms with van der Waals surface area (Å²) < 4.78 is 11.8. The van der Waals surface area contributed by atoms with Crippen LogP contribution in [0.4, 0.5) is 0 Å². The molecule has 7 nitrogen and oxygen atoms in total. The Kier molecular flexibility index (Phi) is 4.89. The average molecular weight is 320 g/mol. The third kappa shape index (κ3) is 3.68. The van der Waals surface area contributed by atoms with E-state index in [4.69, 9.17) is 9.47 Å². The lowest BCUT2D eigenvalue weighted by Crippen LogP contribution is -2.60. The van der Waals surface area contributed by atoms with Crippen LogP contribution in [-0.4, -0.2) is 83.3 Å². The van der Waals surface area contributed by atoms with E-state index in [0.717, 1.165) is 13.1 Å². The lowest BCUT2D eigenvalue weighted by Gasteiger charge is -2.44. The number of carbonyl (C=O) groups excluding carboxylic acids is 1. The predicted octanol–water partition coefficient (Wildman–Crippen LogP) is 0.428. The van der Waals surface area contributed by atoms with Crippen LogP contribution in [0, 0.1) is 0 Å². The van der Waals surface area contributed by atoms with Gasteiger partial charge in [0.15, 0.2) is 0 Å². The average Bonchev–Trinajstić information content (AvgIpc) is 2.77. The monoisotopic (exact) mass is 320 g/mol. The van der Waals surface area contributed by atoms with E-state index in [1.807, 2.05) is 0 Å². The van der Waals surface area contributed by atoms with Crippen LogP contribution in [0.25, 0.3) is 0 Å².